The van der Waals surface area contributed by atoms with E-state index >= 15 is 0 Å². The molecule has 0 radical (unpaired) electrons. The summed E-state index contributed by atoms with van der Waals surface area (Å²) >= 11 is 1.60. The number of nitriles is 1. The van der Waals surface area contributed by atoms with Crippen LogP contribution in [-0.4, -0.2) is 36.5 Å². The third kappa shape index (κ3) is 3.66. The second-order valence-electron chi connectivity index (χ2n) is 5.47. The van der Waals surface area contributed by atoms with Crippen molar-refractivity contribution in [3.05, 3.63) is 21.4 Å². The number of ether oxygens (including phenoxy) is 1. The number of aryl methyl sites for hydroxylation is 1. The van der Waals surface area contributed by atoms with Crippen LogP contribution in [0.2, 0.25) is 0 Å². The zero-order chi connectivity index (χ0) is 16.1. The highest BCUT2D eigenvalue weighted by Crippen LogP contribution is 2.30. The molecular formula is C16H20N2O3S. The van der Waals surface area contributed by atoms with Crippen LogP contribution in [0.4, 0.5) is 0 Å². The largest absolute Gasteiger partial charge is 0.449 e. The fourth-order valence-corrected chi connectivity index (χ4v) is 3.69. The van der Waals surface area contributed by atoms with Gasteiger partial charge in [0.05, 0.1) is 18.1 Å². The molecule has 1 heterocycles. The van der Waals surface area contributed by atoms with E-state index in [1.54, 1.807) is 25.3 Å². The van der Waals surface area contributed by atoms with Gasteiger partial charge in [-0.05, 0) is 38.2 Å². The lowest BCUT2D eigenvalue weighted by atomic mass is 9.96. The molecule has 0 aromatic carbocycles. The third-order valence-electron chi connectivity index (χ3n) is 3.85. The van der Waals surface area contributed by atoms with Crippen molar-refractivity contribution in [2.24, 2.45) is 0 Å². The fraction of sp³-hybridized carbons (Fsp3) is 0.562. The summed E-state index contributed by atoms with van der Waals surface area (Å²) in [6, 6.07) is 1.99. The maximum Gasteiger partial charge on any atom is 0.340 e. The van der Waals surface area contributed by atoms with Crippen LogP contribution in [0.5, 0.6) is 0 Å². The van der Waals surface area contributed by atoms with Crippen molar-refractivity contribution in [1.82, 2.24) is 4.90 Å². The van der Waals surface area contributed by atoms with E-state index in [4.69, 9.17) is 10.00 Å². The summed E-state index contributed by atoms with van der Waals surface area (Å²) in [6.07, 6.45) is 3.62. The number of thiophene rings is 1. The van der Waals surface area contributed by atoms with Gasteiger partial charge < -0.3 is 9.64 Å². The molecule has 22 heavy (non-hydrogen) atoms. The lowest BCUT2D eigenvalue weighted by molar-refractivity contribution is -0.138. The summed E-state index contributed by atoms with van der Waals surface area (Å²) < 4.78 is 5.32. The minimum atomic E-state index is -0.838. The van der Waals surface area contributed by atoms with E-state index in [2.05, 4.69) is 0 Å². The molecule has 0 N–H and O–H groups in total. The minimum absolute atomic E-state index is 0.265. The van der Waals surface area contributed by atoms with Gasteiger partial charge in [-0.1, -0.05) is 0 Å². The number of hydrogen-bond acceptors (Lipinski definition) is 5. The highest BCUT2D eigenvalue weighted by molar-refractivity contribution is 7.10. The Hall–Kier alpha value is -1.87. The molecule has 2 rings (SSSR count). The Labute approximate surface area is 134 Å². The highest BCUT2D eigenvalue weighted by Gasteiger charge is 2.25. The van der Waals surface area contributed by atoms with Crippen LogP contribution in [0.25, 0.3) is 0 Å². The maximum absolute atomic E-state index is 12.3. The number of rotatable bonds is 5. The second-order valence-corrected chi connectivity index (χ2v) is 6.44. The van der Waals surface area contributed by atoms with E-state index in [-0.39, 0.29) is 12.3 Å². The average molecular weight is 320 g/mol. The van der Waals surface area contributed by atoms with E-state index in [1.807, 2.05) is 11.4 Å². The lowest BCUT2D eigenvalue weighted by Crippen LogP contribution is -2.38. The summed E-state index contributed by atoms with van der Waals surface area (Å²) in [5.41, 5.74) is 1.71. The molecule has 0 spiro atoms. The van der Waals surface area contributed by atoms with Crippen molar-refractivity contribution >= 4 is 23.2 Å². The molecular weight excluding hydrogens is 300 g/mol. The Kier molecular flexibility index (Phi) is 5.56. The Morgan fingerprint density at radius 1 is 1.45 bits per heavy atom. The van der Waals surface area contributed by atoms with Crippen LogP contribution in [0.15, 0.2) is 5.38 Å². The first-order chi connectivity index (χ1) is 10.5. The molecule has 1 amide bonds. The van der Waals surface area contributed by atoms with Gasteiger partial charge in [0.1, 0.15) is 0 Å². The lowest BCUT2D eigenvalue weighted by Gasteiger charge is -2.20. The maximum atomic E-state index is 12.3. The van der Waals surface area contributed by atoms with Gasteiger partial charge in [0, 0.05) is 23.8 Å². The number of carbonyl (C=O) groups excluding carboxylic acids is 2. The van der Waals surface area contributed by atoms with Crippen molar-refractivity contribution in [3.8, 4) is 6.07 Å². The van der Waals surface area contributed by atoms with Gasteiger partial charge in [0.25, 0.3) is 5.91 Å². The Balaban J connectivity index is 1.98. The molecule has 5 nitrogen and oxygen atoms in total. The van der Waals surface area contributed by atoms with Crippen molar-refractivity contribution in [2.45, 2.75) is 45.1 Å². The number of fused-ring (bicyclic) bond motifs is 1. The Bertz CT molecular complexity index is 603. The Morgan fingerprint density at radius 3 is 2.91 bits per heavy atom. The third-order valence-corrected chi connectivity index (χ3v) is 4.94. The number of hydrogen-bond donors (Lipinski definition) is 0. The number of carbonyl (C=O) groups is 2. The zero-order valence-corrected chi connectivity index (χ0v) is 13.7. The van der Waals surface area contributed by atoms with E-state index in [0.717, 1.165) is 24.8 Å². The summed E-state index contributed by atoms with van der Waals surface area (Å²) in [6.45, 7) is 1.91. The topological polar surface area (TPSA) is 70.4 Å². The molecule has 0 saturated heterocycles. The van der Waals surface area contributed by atoms with E-state index < -0.39 is 12.1 Å². The zero-order valence-electron chi connectivity index (χ0n) is 12.9. The molecule has 1 atom stereocenters. The van der Waals surface area contributed by atoms with E-state index in [0.29, 0.717) is 12.1 Å². The Morgan fingerprint density at radius 2 is 2.18 bits per heavy atom. The second kappa shape index (κ2) is 7.41. The standard InChI is InChI=1S/C16H20N2O3S/c1-11(15(19)18(2)9-5-8-17)21-16(20)13-10-22-14-7-4-3-6-12(13)14/h10-11H,3-7,9H2,1-2H3/t11-/m1/s1. The molecule has 1 aromatic rings. The van der Waals surface area contributed by atoms with Gasteiger partial charge in [-0.25, -0.2) is 4.79 Å². The summed E-state index contributed by atoms with van der Waals surface area (Å²) in [7, 11) is 1.61. The SMILES string of the molecule is C[C@@H](OC(=O)c1csc2c1CCCC2)C(=O)N(C)CCC#N. The molecule has 6 heteroatoms. The van der Waals surface area contributed by atoms with Gasteiger partial charge >= 0.3 is 5.97 Å². The molecule has 0 saturated carbocycles. The van der Waals surface area contributed by atoms with Gasteiger partial charge in [0.15, 0.2) is 6.10 Å². The quantitative estimate of drug-likeness (QED) is 0.782. The van der Waals surface area contributed by atoms with Crippen LogP contribution in [0, 0.1) is 11.3 Å². The van der Waals surface area contributed by atoms with Crippen LogP contribution >= 0.6 is 11.3 Å². The predicted octanol–water partition coefficient (Wildman–Crippen LogP) is 2.54. The number of likely N-dealkylation sites (N-methyl/N-ethyl adjacent to an activating group) is 1. The molecule has 1 aromatic heterocycles. The summed E-state index contributed by atoms with van der Waals surface area (Å²) in [5.74, 6) is -0.707. The number of nitrogens with zero attached hydrogens (tertiary/aromatic N) is 2. The first-order valence-electron chi connectivity index (χ1n) is 7.46. The van der Waals surface area contributed by atoms with Crippen LogP contribution in [-0.2, 0) is 22.4 Å². The number of esters is 1. The van der Waals surface area contributed by atoms with Crippen molar-refractivity contribution in [1.29, 1.82) is 5.26 Å². The van der Waals surface area contributed by atoms with Crippen molar-refractivity contribution < 1.29 is 14.3 Å². The first kappa shape index (κ1) is 16.5. The van der Waals surface area contributed by atoms with Crippen LogP contribution in [0.1, 0.15) is 47.0 Å². The van der Waals surface area contributed by atoms with E-state index in [1.165, 1.54) is 16.2 Å². The molecule has 1 aliphatic rings. The van der Waals surface area contributed by atoms with Crippen LogP contribution < -0.4 is 0 Å². The van der Waals surface area contributed by atoms with E-state index in [9.17, 15) is 9.59 Å². The summed E-state index contributed by atoms with van der Waals surface area (Å²) in [5, 5.41) is 10.4. The number of amides is 1. The monoisotopic (exact) mass is 320 g/mol. The minimum Gasteiger partial charge on any atom is -0.449 e. The summed E-state index contributed by atoms with van der Waals surface area (Å²) in [4.78, 5) is 27.1. The first-order valence-corrected chi connectivity index (χ1v) is 8.34. The van der Waals surface area contributed by atoms with Gasteiger partial charge in [-0.3, -0.25) is 4.79 Å². The molecule has 118 valence electrons. The highest BCUT2D eigenvalue weighted by atomic mass is 32.1. The molecule has 0 bridgehead atoms. The van der Waals surface area contributed by atoms with Gasteiger partial charge in [0.2, 0.25) is 0 Å². The normalized spacial score (nSPS) is 14.6. The fourth-order valence-electron chi connectivity index (χ4n) is 2.58. The smallest absolute Gasteiger partial charge is 0.340 e. The molecule has 1 aliphatic carbocycles. The van der Waals surface area contributed by atoms with Gasteiger partial charge in [-0.15, -0.1) is 11.3 Å². The van der Waals surface area contributed by atoms with Gasteiger partial charge in [-0.2, -0.15) is 5.26 Å². The van der Waals surface area contributed by atoms with Crippen molar-refractivity contribution in [3.63, 3.8) is 0 Å². The molecule has 0 fully saturated rings. The molecule has 0 aliphatic heterocycles. The molecule has 0 unspecified atom stereocenters. The van der Waals surface area contributed by atoms with Crippen molar-refractivity contribution in [2.75, 3.05) is 13.6 Å². The predicted molar refractivity (Wildman–Crippen MR) is 83.7 cm³/mol. The average Bonchev–Trinajstić information content (AvgIpc) is 2.95. The van der Waals surface area contributed by atoms with Crippen LogP contribution in [0.3, 0.4) is 0 Å².